The second-order valence-corrected chi connectivity index (χ2v) is 9.77. The molecule has 196 valence electrons. The number of hydrogen-bond acceptors (Lipinski definition) is 7. The Kier molecular flexibility index (Phi) is 15.2. The number of carboxylic acids is 2. The van der Waals surface area contributed by atoms with E-state index < -0.39 is 53.8 Å². The van der Waals surface area contributed by atoms with Crippen LogP contribution in [0.15, 0.2) is 0 Å². The van der Waals surface area contributed by atoms with Crippen molar-refractivity contribution in [2.24, 2.45) is 17.6 Å². The molecular weight excluding hydrogens is 464 g/mol. The van der Waals surface area contributed by atoms with E-state index in [0.717, 1.165) is 0 Å². The van der Waals surface area contributed by atoms with Gasteiger partial charge in [-0.3, -0.25) is 19.2 Å². The molecule has 0 radical (unpaired) electrons. The van der Waals surface area contributed by atoms with E-state index in [1.165, 1.54) is 11.8 Å². The van der Waals surface area contributed by atoms with Crippen molar-refractivity contribution < 1.29 is 34.2 Å². The predicted molar refractivity (Wildman–Crippen MR) is 130 cm³/mol. The van der Waals surface area contributed by atoms with Gasteiger partial charge < -0.3 is 31.9 Å². The Balaban J connectivity index is 5.57. The van der Waals surface area contributed by atoms with Crippen LogP contribution in [0.1, 0.15) is 59.8 Å². The zero-order chi connectivity index (χ0) is 26.4. The zero-order valence-electron chi connectivity index (χ0n) is 20.6. The smallest absolute Gasteiger partial charge is 0.326 e. The molecule has 12 heteroatoms. The second-order valence-electron chi connectivity index (χ2n) is 8.78. The summed E-state index contributed by atoms with van der Waals surface area (Å²) in [7, 11) is 0. The van der Waals surface area contributed by atoms with Crippen molar-refractivity contribution in [1.82, 2.24) is 16.0 Å². The highest BCUT2D eigenvalue weighted by molar-refractivity contribution is 7.98. The van der Waals surface area contributed by atoms with Crippen LogP contribution in [0, 0.1) is 11.8 Å². The molecule has 3 amide bonds. The highest BCUT2D eigenvalue weighted by atomic mass is 32.2. The third-order valence-corrected chi connectivity index (χ3v) is 6.01. The van der Waals surface area contributed by atoms with Crippen LogP contribution in [0.25, 0.3) is 0 Å². The average molecular weight is 505 g/mol. The van der Waals surface area contributed by atoms with Crippen LogP contribution in [0.5, 0.6) is 0 Å². The molecule has 0 spiro atoms. The van der Waals surface area contributed by atoms with Crippen LogP contribution in [-0.2, 0) is 24.0 Å². The maximum Gasteiger partial charge on any atom is 0.326 e. The van der Waals surface area contributed by atoms with E-state index in [-0.39, 0.29) is 31.1 Å². The van der Waals surface area contributed by atoms with E-state index >= 15 is 0 Å². The number of carbonyl (C=O) groups excluding carboxylic acids is 3. The fourth-order valence-corrected chi connectivity index (χ4v) is 3.59. The van der Waals surface area contributed by atoms with E-state index in [2.05, 4.69) is 16.0 Å². The molecule has 0 aliphatic heterocycles. The van der Waals surface area contributed by atoms with E-state index in [1.54, 1.807) is 6.92 Å². The third kappa shape index (κ3) is 12.2. The first kappa shape index (κ1) is 31.7. The monoisotopic (exact) mass is 504 g/mol. The lowest BCUT2D eigenvalue weighted by atomic mass is 9.96. The van der Waals surface area contributed by atoms with Gasteiger partial charge in [0.2, 0.25) is 17.7 Å². The number of nitrogens with one attached hydrogen (secondary N) is 3. The average Bonchev–Trinajstić information content (AvgIpc) is 2.76. The largest absolute Gasteiger partial charge is 0.481 e. The summed E-state index contributed by atoms with van der Waals surface area (Å²) >= 11 is 1.51. The first-order chi connectivity index (χ1) is 15.8. The van der Waals surface area contributed by atoms with Crippen LogP contribution in [0.4, 0.5) is 0 Å². The molecule has 0 heterocycles. The van der Waals surface area contributed by atoms with Crippen molar-refractivity contribution in [2.75, 3.05) is 12.0 Å². The lowest BCUT2D eigenvalue weighted by molar-refractivity contribution is -0.143. The molecular formula is C22H40N4O7S. The molecule has 0 aliphatic carbocycles. The first-order valence-corrected chi connectivity index (χ1v) is 12.8. The van der Waals surface area contributed by atoms with Gasteiger partial charge in [0.1, 0.15) is 18.1 Å². The fraction of sp³-hybridized carbons (Fsp3) is 0.773. The number of aliphatic carboxylic acids is 2. The minimum Gasteiger partial charge on any atom is -0.481 e. The van der Waals surface area contributed by atoms with Gasteiger partial charge in [-0.1, -0.05) is 34.1 Å². The molecule has 0 saturated heterocycles. The van der Waals surface area contributed by atoms with Crippen molar-refractivity contribution in [3.63, 3.8) is 0 Å². The van der Waals surface area contributed by atoms with Crippen molar-refractivity contribution in [3.05, 3.63) is 0 Å². The SMILES string of the molecule is CCC(C)C(NC(=O)C(CCC(=O)O)NC(=O)C(N)CCSC)C(=O)NC(CC(C)C)C(=O)O. The maximum atomic E-state index is 13.0. The third-order valence-electron chi connectivity index (χ3n) is 5.36. The van der Waals surface area contributed by atoms with E-state index in [1.807, 2.05) is 27.0 Å². The van der Waals surface area contributed by atoms with Crippen molar-refractivity contribution in [1.29, 1.82) is 0 Å². The Morgan fingerprint density at radius 2 is 1.47 bits per heavy atom. The number of carbonyl (C=O) groups is 5. The van der Waals surface area contributed by atoms with Gasteiger partial charge in [-0.2, -0.15) is 11.8 Å². The lowest BCUT2D eigenvalue weighted by Gasteiger charge is -2.28. The van der Waals surface area contributed by atoms with E-state index in [4.69, 9.17) is 10.8 Å². The predicted octanol–water partition coefficient (Wildman–Crippen LogP) is 0.563. The molecule has 34 heavy (non-hydrogen) atoms. The Labute approximate surface area is 205 Å². The summed E-state index contributed by atoms with van der Waals surface area (Å²) in [6, 6.07) is -4.27. The topological polar surface area (TPSA) is 188 Å². The summed E-state index contributed by atoms with van der Waals surface area (Å²) in [5, 5.41) is 26.0. The molecule has 7 N–H and O–H groups in total. The molecule has 0 fully saturated rings. The minimum absolute atomic E-state index is 0.0176. The summed E-state index contributed by atoms with van der Waals surface area (Å²) < 4.78 is 0. The van der Waals surface area contributed by atoms with Crippen LogP contribution >= 0.6 is 11.8 Å². The molecule has 5 atom stereocenters. The number of rotatable bonds is 17. The molecule has 0 bridgehead atoms. The number of thioether (sulfide) groups is 1. The first-order valence-electron chi connectivity index (χ1n) is 11.4. The fourth-order valence-electron chi connectivity index (χ4n) is 3.10. The zero-order valence-corrected chi connectivity index (χ0v) is 21.4. The Morgan fingerprint density at radius 1 is 0.882 bits per heavy atom. The second kappa shape index (κ2) is 16.3. The van der Waals surface area contributed by atoms with E-state index in [9.17, 15) is 29.1 Å². The molecule has 0 rings (SSSR count). The van der Waals surface area contributed by atoms with Gasteiger partial charge in [0.15, 0.2) is 0 Å². The summed E-state index contributed by atoms with van der Waals surface area (Å²) in [4.78, 5) is 61.0. The van der Waals surface area contributed by atoms with Gasteiger partial charge >= 0.3 is 11.9 Å². The van der Waals surface area contributed by atoms with Gasteiger partial charge in [-0.15, -0.1) is 0 Å². The molecule has 5 unspecified atom stereocenters. The molecule has 0 aromatic carbocycles. The van der Waals surface area contributed by atoms with Crippen molar-refractivity contribution >= 4 is 41.4 Å². The molecule has 11 nitrogen and oxygen atoms in total. The highest BCUT2D eigenvalue weighted by Crippen LogP contribution is 2.12. The van der Waals surface area contributed by atoms with Crippen LogP contribution in [0.3, 0.4) is 0 Å². The normalized spacial score (nSPS) is 15.5. The standard InChI is InChI=1S/C22H40N4O7S/c1-6-13(4)18(21(31)25-16(22(32)33)11-12(2)3)26-20(30)15(7-8-17(27)28)24-19(29)14(23)9-10-34-5/h12-16,18H,6-11,23H2,1-5H3,(H,24,29)(H,25,31)(H,26,30)(H,27,28)(H,32,33). The molecule has 0 aromatic heterocycles. The summed E-state index contributed by atoms with van der Waals surface area (Å²) in [5.41, 5.74) is 5.86. The number of hydrogen-bond donors (Lipinski definition) is 6. The van der Waals surface area contributed by atoms with Crippen LogP contribution in [0.2, 0.25) is 0 Å². The Hall–Kier alpha value is -2.34. The van der Waals surface area contributed by atoms with Gasteiger partial charge in [0.25, 0.3) is 0 Å². The summed E-state index contributed by atoms with van der Waals surface area (Å²) in [6.45, 7) is 7.20. The maximum absolute atomic E-state index is 13.0. The minimum atomic E-state index is -1.21. The van der Waals surface area contributed by atoms with Gasteiger partial charge in [-0.05, 0) is 43.1 Å². The van der Waals surface area contributed by atoms with Crippen LogP contribution < -0.4 is 21.7 Å². The lowest BCUT2D eigenvalue weighted by Crippen LogP contribution is -2.58. The summed E-state index contributed by atoms with van der Waals surface area (Å²) in [6.07, 6.45) is 2.39. The van der Waals surface area contributed by atoms with Gasteiger partial charge in [-0.25, -0.2) is 4.79 Å². The Bertz CT molecular complexity index is 705. The van der Waals surface area contributed by atoms with Crippen molar-refractivity contribution in [3.8, 4) is 0 Å². The number of nitrogens with two attached hydrogens (primary N) is 1. The number of amides is 3. The quantitative estimate of drug-likeness (QED) is 0.164. The van der Waals surface area contributed by atoms with Gasteiger partial charge in [0.05, 0.1) is 6.04 Å². The highest BCUT2D eigenvalue weighted by Gasteiger charge is 2.33. The van der Waals surface area contributed by atoms with Crippen LogP contribution in [-0.4, -0.2) is 76.0 Å². The van der Waals surface area contributed by atoms with Crippen molar-refractivity contribution in [2.45, 2.75) is 84.0 Å². The van der Waals surface area contributed by atoms with Gasteiger partial charge in [0, 0.05) is 6.42 Å². The number of carboxylic acid groups (broad SMARTS) is 2. The summed E-state index contributed by atoms with van der Waals surface area (Å²) in [5.74, 6) is -4.00. The molecule has 0 aliphatic rings. The Morgan fingerprint density at radius 3 is 1.94 bits per heavy atom. The molecule has 0 aromatic rings. The van der Waals surface area contributed by atoms with E-state index in [0.29, 0.717) is 18.6 Å². The molecule has 0 saturated carbocycles.